The van der Waals surface area contributed by atoms with Crippen molar-refractivity contribution in [3.63, 3.8) is 0 Å². The van der Waals surface area contributed by atoms with Gasteiger partial charge in [0.1, 0.15) is 5.58 Å². The van der Waals surface area contributed by atoms with Crippen molar-refractivity contribution < 1.29 is 34.1 Å². The van der Waals surface area contributed by atoms with Gasteiger partial charge in [0, 0.05) is 47.5 Å². The standard InChI is InChI=1S/C33H28NO.C19H16N.Ir/c1-33(2)15-12-21(13-16-33)23-14-17-34-30(19-23)27-9-5-8-26-29-18-24-11-10-22-6-3-4-7-25(22)28(24)20-31(29)35-32(26)27;1-14-8-11-19(20-13-14)17-10-9-15(2)18(12-17)16-6-4-3-5-7-16;/h3-8,10-11,14,17-21H,12-13,15-16H2,1-2H3;3-9,11-13H,1-2H3;/q2*-1;/i21D;1D3,2D3;. The molecule has 0 bridgehead atoms. The molecule has 9 aromatic rings. The number of pyridine rings is 2. The molecule has 0 atom stereocenters. The summed E-state index contributed by atoms with van der Waals surface area (Å²) in [5.74, 6) is -0.562. The van der Waals surface area contributed by atoms with Gasteiger partial charge in [0.05, 0.1) is 5.58 Å². The monoisotopic (exact) mass is 912 g/mol. The van der Waals surface area contributed by atoms with Crippen molar-refractivity contribution in [2.45, 2.75) is 59.1 Å². The van der Waals surface area contributed by atoms with Crippen molar-refractivity contribution in [2.24, 2.45) is 5.41 Å². The van der Waals surface area contributed by atoms with Crippen LogP contribution < -0.4 is 0 Å². The third kappa shape index (κ3) is 7.44. The van der Waals surface area contributed by atoms with Crippen LogP contribution in [0.1, 0.15) is 71.7 Å². The zero-order valence-electron chi connectivity index (χ0n) is 38.2. The van der Waals surface area contributed by atoms with E-state index < -0.39 is 19.6 Å². The molecule has 0 saturated heterocycles. The van der Waals surface area contributed by atoms with E-state index in [1.807, 2.05) is 48.7 Å². The van der Waals surface area contributed by atoms with Gasteiger partial charge in [-0.2, -0.15) is 0 Å². The Bertz CT molecular complexity index is 3090. The maximum Gasteiger partial charge on any atom is 0.121 e. The molecule has 1 fully saturated rings. The third-order valence-corrected chi connectivity index (χ3v) is 11.0. The van der Waals surface area contributed by atoms with Crippen molar-refractivity contribution >= 4 is 43.5 Å². The molecule has 3 nitrogen and oxygen atoms in total. The molecule has 279 valence electrons. The minimum Gasteiger partial charge on any atom is -0.501 e. The van der Waals surface area contributed by atoms with E-state index in [1.165, 1.54) is 39.9 Å². The van der Waals surface area contributed by atoms with Crippen LogP contribution in [0.15, 0.2) is 144 Å². The maximum absolute atomic E-state index is 9.24. The van der Waals surface area contributed by atoms with Crippen LogP contribution >= 0.6 is 0 Å². The average molecular weight is 912 g/mol. The Balaban J connectivity index is 0.000000180. The normalized spacial score (nSPS) is 16.9. The molecule has 3 heterocycles. The number of fused-ring (bicyclic) bond motifs is 6. The Morgan fingerprint density at radius 3 is 2.36 bits per heavy atom. The summed E-state index contributed by atoms with van der Waals surface area (Å²) >= 11 is 0. The minimum atomic E-state index is -2.27. The first-order chi connectivity index (χ1) is 29.6. The van der Waals surface area contributed by atoms with E-state index in [0.717, 1.165) is 70.0 Å². The smallest absolute Gasteiger partial charge is 0.121 e. The van der Waals surface area contributed by atoms with E-state index in [9.17, 15) is 1.37 Å². The van der Waals surface area contributed by atoms with E-state index in [2.05, 4.69) is 91.6 Å². The van der Waals surface area contributed by atoms with Gasteiger partial charge in [0.25, 0.3) is 0 Å². The van der Waals surface area contributed by atoms with Crippen LogP contribution in [-0.4, -0.2) is 9.97 Å². The summed E-state index contributed by atoms with van der Waals surface area (Å²) in [6.45, 7) is 0.149. The molecule has 0 amide bonds. The van der Waals surface area contributed by atoms with Gasteiger partial charge in [-0.1, -0.05) is 128 Å². The van der Waals surface area contributed by atoms with Crippen LogP contribution in [0.25, 0.3) is 77.1 Å². The van der Waals surface area contributed by atoms with Gasteiger partial charge in [-0.05, 0) is 106 Å². The Hall–Kier alpha value is -5.41. The van der Waals surface area contributed by atoms with Gasteiger partial charge in [-0.15, -0.1) is 47.5 Å². The number of aryl methyl sites for hydroxylation is 2. The van der Waals surface area contributed by atoms with Gasteiger partial charge in [0.2, 0.25) is 0 Å². The van der Waals surface area contributed by atoms with Crippen molar-refractivity contribution in [3.05, 3.63) is 169 Å². The number of hydrogen-bond acceptors (Lipinski definition) is 3. The Morgan fingerprint density at radius 1 is 0.732 bits per heavy atom. The fraction of sp³-hybridized carbons (Fsp3) is 0.192. The van der Waals surface area contributed by atoms with E-state index >= 15 is 0 Å². The molecular weight excluding hydrogens is 861 g/mol. The molecule has 10 rings (SSSR count). The van der Waals surface area contributed by atoms with Crippen molar-refractivity contribution in [1.82, 2.24) is 9.97 Å². The van der Waals surface area contributed by atoms with Gasteiger partial charge in [0.15, 0.2) is 0 Å². The quantitative estimate of drug-likeness (QED) is 0.130. The van der Waals surface area contributed by atoms with Crippen LogP contribution in [0.4, 0.5) is 0 Å². The molecule has 1 aliphatic carbocycles. The predicted molar refractivity (Wildman–Crippen MR) is 229 cm³/mol. The molecule has 56 heavy (non-hydrogen) atoms. The van der Waals surface area contributed by atoms with Crippen LogP contribution in [0.2, 0.25) is 0 Å². The second-order valence-corrected chi connectivity index (χ2v) is 15.2. The summed E-state index contributed by atoms with van der Waals surface area (Å²) in [6.07, 6.45) is 7.06. The Labute approximate surface area is 353 Å². The van der Waals surface area contributed by atoms with Crippen LogP contribution in [0.3, 0.4) is 0 Å². The van der Waals surface area contributed by atoms with Gasteiger partial charge < -0.3 is 14.4 Å². The van der Waals surface area contributed by atoms with E-state index in [0.29, 0.717) is 22.2 Å². The summed E-state index contributed by atoms with van der Waals surface area (Å²) in [7, 11) is 0. The molecule has 6 aromatic carbocycles. The van der Waals surface area contributed by atoms with E-state index in [4.69, 9.17) is 17.6 Å². The Morgan fingerprint density at radius 2 is 1.55 bits per heavy atom. The molecule has 3 aromatic heterocycles. The molecule has 0 aliphatic heterocycles. The number of aromatic nitrogens is 2. The molecule has 0 unspecified atom stereocenters. The number of hydrogen-bond donors (Lipinski definition) is 0. The van der Waals surface area contributed by atoms with Crippen LogP contribution in [0, 0.1) is 31.3 Å². The van der Waals surface area contributed by atoms with Crippen LogP contribution in [0.5, 0.6) is 0 Å². The number of rotatable bonds is 4. The topological polar surface area (TPSA) is 38.9 Å². The molecule has 0 N–H and O–H groups in total. The minimum absolute atomic E-state index is 0. The van der Waals surface area contributed by atoms with Crippen LogP contribution in [-0.2, 0) is 20.1 Å². The first-order valence-electron chi connectivity index (χ1n) is 22.3. The zero-order chi connectivity index (χ0) is 43.4. The number of benzene rings is 6. The van der Waals surface area contributed by atoms with Gasteiger partial charge >= 0.3 is 0 Å². The Kier molecular flexibility index (Phi) is 8.32. The zero-order valence-corrected chi connectivity index (χ0v) is 33.6. The molecular formula is C52H44IrN2O-2. The molecule has 0 spiro atoms. The summed E-state index contributed by atoms with van der Waals surface area (Å²) in [4.78, 5) is 8.92. The predicted octanol–water partition coefficient (Wildman–Crippen LogP) is 14.3. The van der Waals surface area contributed by atoms with Crippen molar-refractivity contribution in [3.8, 4) is 33.6 Å². The summed E-state index contributed by atoms with van der Waals surface area (Å²) < 4.78 is 61.3. The largest absolute Gasteiger partial charge is 0.501 e. The maximum atomic E-state index is 9.24. The third-order valence-electron chi connectivity index (χ3n) is 11.0. The first-order valence-corrected chi connectivity index (χ1v) is 18.8. The second kappa shape index (κ2) is 15.6. The van der Waals surface area contributed by atoms with Crippen molar-refractivity contribution in [2.75, 3.05) is 0 Å². The fourth-order valence-electron chi connectivity index (χ4n) is 7.79. The second-order valence-electron chi connectivity index (χ2n) is 15.2. The van der Waals surface area contributed by atoms with Crippen molar-refractivity contribution in [1.29, 1.82) is 0 Å². The van der Waals surface area contributed by atoms with E-state index in [1.54, 1.807) is 12.1 Å². The average Bonchev–Trinajstić information content (AvgIpc) is 3.64. The molecule has 1 aliphatic rings. The SMILES string of the molecule is [2H]C([2H])([2H])c1ccc(-c2[c-]cc(C([2H])([2H])[2H])c(-c3ccccc3)c2)nc1.[2H]C1(c2ccnc(-c3[c-]ccc4c3oc3cc5c(ccc6ccccc65)cc34)c2)CCC(C)(C)CC1.[Ir]. The van der Waals surface area contributed by atoms with Gasteiger partial charge in [-0.25, -0.2) is 0 Å². The first kappa shape index (κ1) is 29.8. The summed E-state index contributed by atoms with van der Waals surface area (Å²) in [6, 6.07) is 47.3. The summed E-state index contributed by atoms with van der Waals surface area (Å²) in [5.41, 5.74) is 7.61. The fourth-order valence-corrected chi connectivity index (χ4v) is 7.79. The van der Waals surface area contributed by atoms with E-state index in [-0.39, 0.29) is 31.2 Å². The molecule has 4 heteroatoms. The molecule has 1 radical (unpaired) electrons. The van der Waals surface area contributed by atoms with Gasteiger partial charge in [-0.3, -0.25) is 0 Å². The number of furan rings is 1. The summed E-state index contributed by atoms with van der Waals surface area (Å²) in [5, 5.41) is 7.03. The number of nitrogens with zero attached hydrogens (tertiary/aromatic N) is 2. The molecule has 1 saturated carbocycles.